The van der Waals surface area contributed by atoms with Crippen LogP contribution in [0.4, 0.5) is 17.1 Å². The number of carbonyl (C=O) groups excluding carboxylic acids is 5. The first-order chi connectivity index (χ1) is 35.8. The molecule has 0 unspecified atom stereocenters. The Morgan fingerprint density at radius 2 is 1.47 bits per heavy atom. The number of amides is 4. The van der Waals surface area contributed by atoms with E-state index in [1.165, 1.54) is 0 Å². The number of unbranched alkanes of at least 4 members (excludes halogenated alkanes) is 1. The summed E-state index contributed by atoms with van der Waals surface area (Å²) in [5.74, 6) is -2.31. The molecule has 1 aliphatic rings. The lowest BCUT2D eigenvalue weighted by molar-refractivity contribution is -0.133. The van der Waals surface area contributed by atoms with Crippen molar-refractivity contribution in [3.05, 3.63) is 139 Å². The van der Waals surface area contributed by atoms with Gasteiger partial charge in [0, 0.05) is 71.4 Å². The van der Waals surface area contributed by atoms with Crippen LogP contribution in [0.25, 0.3) is 22.0 Å². The molecule has 6 aromatic rings. The average molecular weight is 1010 g/mol. The van der Waals surface area contributed by atoms with Gasteiger partial charge in [0.2, 0.25) is 23.6 Å². The highest BCUT2D eigenvalue weighted by molar-refractivity contribution is 5.96. The van der Waals surface area contributed by atoms with Gasteiger partial charge >= 0.3 is 0 Å². The highest BCUT2D eigenvalue weighted by atomic mass is 16.5. The lowest BCUT2D eigenvalue weighted by Crippen LogP contribution is -2.54. The van der Waals surface area contributed by atoms with Crippen molar-refractivity contribution in [2.45, 2.75) is 88.8 Å². The molecule has 0 aliphatic heterocycles. The number of aromatic hydroxyl groups is 1. The highest BCUT2D eigenvalue weighted by Gasteiger charge is 2.32. The molecule has 17 heteroatoms. The molecule has 5 aromatic carbocycles. The van der Waals surface area contributed by atoms with Crippen molar-refractivity contribution in [3.63, 3.8) is 0 Å². The molecule has 388 valence electrons. The van der Waals surface area contributed by atoms with E-state index in [1.807, 2.05) is 91.0 Å². The van der Waals surface area contributed by atoms with Crippen molar-refractivity contribution < 1.29 is 33.8 Å². The fourth-order valence-corrected chi connectivity index (χ4v) is 9.34. The first-order valence-electron chi connectivity index (χ1n) is 25.3. The molecule has 5 atom stereocenters. The van der Waals surface area contributed by atoms with Crippen LogP contribution >= 0.6 is 0 Å². The number of hydrogen-bond acceptors (Lipinski definition) is 10. The average Bonchev–Trinajstić information content (AvgIpc) is 3.80. The summed E-state index contributed by atoms with van der Waals surface area (Å²) in [5, 5.41) is 26.0. The predicted molar refractivity (Wildman–Crippen MR) is 290 cm³/mol. The fraction of sp³-hybridized carbons (Fsp3) is 0.333. The summed E-state index contributed by atoms with van der Waals surface area (Å²) in [6.45, 7) is 0.0469. The molecule has 74 heavy (non-hydrogen) atoms. The van der Waals surface area contributed by atoms with Gasteiger partial charge in [0.15, 0.2) is 11.7 Å². The summed E-state index contributed by atoms with van der Waals surface area (Å²) in [5.41, 5.74) is 23.8. The molecular weight excluding hydrogens is 937 g/mol. The molecule has 0 radical (unpaired) electrons. The van der Waals surface area contributed by atoms with Gasteiger partial charge in [-0.05, 0) is 134 Å². The van der Waals surface area contributed by atoms with Gasteiger partial charge in [-0.15, -0.1) is 0 Å². The number of rotatable bonds is 25. The zero-order valence-electron chi connectivity index (χ0n) is 41.8. The maximum absolute atomic E-state index is 14.7. The lowest BCUT2D eigenvalue weighted by atomic mass is 9.85. The summed E-state index contributed by atoms with van der Waals surface area (Å²) < 4.78 is 5.23. The first-order valence-corrected chi connectivity index (χ1v) is 25.3. The monoisotopic (exact) mass is 1000 g/mol. The first kappa shape index (κ1) is 53.6. The number of hydrogen-bond donors (Lipinski definition) is 10. The third kappa shape index (κ3) is 15.9. The largest absolute Gasteiger partial charge is 0.508 e. The van der Waals surface area contributed by atoms with Gasteiger partial charge in [0.25, 0.3) is 0 Å². The normalized spacial score (nSPS) is 15.4. The number of nitrogens with zero attached hydrogens (tertiary/aromatic N) is 1. The van der Waals surface area contributed by atoms with E-state index in [9.17, 15) is 29.1 Å². The van der Waals surface area contributed by atoms with E-state index in [0.717, 1.165) is 52.2 Å². The zero-order chi connectivity index (χ0) is 52.4. The van der Waals surface area contributed by atoms with Gasteiger partial charge in [-0.3, -0.25) is 29.0 Å². The molecule has 7 rings (SSSR count). The van der Waals surface area contributed by atoms with Gasteiger partial charge in [0.1, 0.15) is 17.5 Å². The van der Waals surface area contributed by atoms with Crippen molar-refractivity contribution in [1.82, 2.24) is 20.9 Å². The molecule has 4 amide bonds. The number of anilines is 3. The van der Waals surface area contributed by atoms with Crippen LogP contribution in [-0.2, 0) is 36.8 Å². The number of phenols is 1. The molecular formula is C57H68N10O7. The van der Waals surface area contributed by atoms with E-state index in [4.69, 9.17) is 21.9 Å². The van der Waals surface area contributed by atoms with Gasteiger partial charge in [0.05, 0.1) is 19.7 Å². The quantitative estimate of drug-likeness (QED) is 0.0163. The summed E-state index contributed by atoms with van der Waals surface area (Å²) in [4.78, 5) is 77.5. The number of carbonyl (C=O) groups is 5. The number of nitrogens with one attached hydrogen (secondary N) is 6. The van der Waals surface area contributed by atoms with Gasteiger partial charge < -0.3 is 58.6 Å². The molecule has 0 saturated heterocycles. The highest BCUT2D eigenvalue weighted by Crippen LogP contribution is 2.28. The number of H-pyrrole nitrogens is 1. The van der Waals surface area contributed by atoms with Crippen molar-refractivity contribution in [2.24, 2.45) is 34.0 Å². The molecule has 1 saturated carbocycles. The van der Waals surface area contributed by atoms with Crippen LogP contribution in [0.5, 0.6) is 11.5 Å². The number of aliphatic imine (C=N–C) groups is 1. The summed E-state index contributed by atoms with van der Waals surface area (Å²) in [6.07, 6.45) is 6.23. The molecule has 13 N–H and O–H groups in total. The van der Waals surface area contributed by atoms with E-state index in [0.29, 0.717) is 55.3 Å². The number of methoxy groups -OCH3 is 1. The number of Topliss-reactive ketones (excluding diaryl/α,β-unsaturated/α-hetero) is 1. The van der Waals surface area contributed by atoms with Crippen molar-refractivity contribution >= 4 is 63.3 Å². The van der Waals surface area contributed by atoms with E-state index in [1.54, 1.807) is 43.6 Å². The second-order valence-electron chi connectivity index (χ2n) is 19.0. The van der Waals surface area contributed by atoms with E-state index in [-0.39, 0.29) is 67.6 Å². The van der Waals surface area contributed by atoms with Crippen LogP contribution in [0.3, 0.4) is 0 Å². The maximum Gasteiger partial charge on any atom is 0.243 e. The Morgan fingerprint density at radius 1 is 0.770 bits per heavy atom. The molecule has 17 nitrogen and oxygen atoms in total. The van der Waals surface area contributed by atoms with Crippen LogP contribution in [0.2, 0.25) is 0 Å². The van der Waals surface area contributed by atoms with Gasteiger partial charge in [-0.25, -0.2) is 0 Å². The summed E-state index contributed by atoms with van der Waals surface area (Å²) in [6, 6.07) is 34.9. The van der Waals surface area contributed by atoms with Crippen LogP contribution in [-0.4, -0.2) is 83.8 Å². The third-order valence-corrected chi connectivity index (χ3v) is 13.4. The standard InChI is InChI=1S/C57H68N10O7/c1-74-47-25-22-44(23-26-47)64-43-18-20-45(21-19-43)65-53(70)35-63-54(71)39(10-5-6-29-61-57(59)60)17-28-52(69)50(30-36-13-15-38(16-14-36)37-8-3-2-4-9-37)66-56(73)51(67-55(72)40-11-7-12-42(58)31-40)32-41-34-62-49-27-24-46(68)33-48(41)49/h2-4,8-9,13-16,18-27,33-34,39-40,42,50-51,62,64,68H,5-7,10-12,17,28-32,35,58H2,1H3,(H,63,71)(H,65,70)(H,66,73)(H,67,72)(H4,59,60,61)/t39-,40+,42+,50+,51+/m1/s1. The number of phenolic OH excluding ortho intramolecular Hbond substituents is 1. The molecule has 1 aliphatic carbocycles. The topological polar surface area (TPSA) is 281 Å². The summed E-state index contributed by atoms with van der Waals surface area (Å²) in [7, 11) is 1.61. The number of guanidine groups is 1. The Balaban J connectivity index is 1.06. The lowest BCUT2D eigenvalue weighted by Gasteiger charge is -2.28. The number of fused-ring (bicyclic) bond motifs is 1. The SMILES string of the molecule is COc1ccc(Nc2ccc(NC(=O)CNC(=O)[C@H](CCCCN=C(N)N)CCC(=O)[C@H](Cc3ccc(-c4ccccc4)cc3)NC(=O)[C@H](Cc3c[nH]c4ccc(O)cc34)NC(=O)[C@H]3CCC[C@H](N)C3)cc2)cc1. The van der Waals surface area contributed by atoms with Gasteiger partial charge in [-0.2, -0.15) is 0 Å². The second-order valence-corrected chi connectivity index (χ2v) is 19.0. The third-order valence-electron chi connectivity index (χ3n) is 13.4. The number of benzene rings is 5. The Labute approximate surface area is 431 Å². The van der Waals surface area contributed by atoms with Crippen LogP contribution in [0.1, 0.15) is 68.9 Å². The Morgan fingerprint density at radius 3 is 2.18 bits per heavy atom. The Kier molecular flexibility index (Phi) is 19.2. The van der Waals surface area contributed by atoms with Crippen LogP contribution < -0.4 is 48.5 Å². The molecule has 1 aromatic heterocycles. The fourth-order valence-electron chi connectivity index (χ4n) is 9.34. The molecule has 1 fully saturated rings. The number of nitrogens with two attached hydrogens (primary N) is 3. The van der Waals surface area contributed by atoms with Crippen molar-refractivity contribution in [1.29, 1.82) is 0 Å². The maximum atomic E-state index is 14.7. The van der Waals surface area contributed by atoms with Crippen LogP contribution in [0.15, 0.2) is 133 Å². The number of aromatic amines is 1. The minimum Gasteiger partial charge on any atom is -0.508 e. The van der Waals surface area contributed by atoms with Crippen molar-refractivity contribution in [3.8, 4) is 22.6 Å². The number of aromatic nitrogens is 1. The molecule has 1 heterocycles. The Bertz CT molecular complexity index is 2850. The number of ether oxygens (including phenoxy) is 1. The van der Waals surface area contributed by atoms with E-state index >= 15 is 0 Å². The Hall–Kier alpha value is -8.18. The molecule has 0 bridgehead atoms. The molecule has 0 spiro atoms. The van der Waals surface area contributed by atoms with Crippen molar-refractivity contribution in [2.75, 3.05) is 30.8 Å². The van der Waals surface area contributed by atoms with Crippen LogP contribution in [0, 0.1) is 11.8 Å². The minimum absolute atomic E-state index is 0.0393. The van der Waals surface area contributed by atoms with Gasteiger partial charge in [-0.1, -0.05) is 67.4 Å². The predicted octanol–water partition coefficient (Wildman–Crippen LogP) is 6.73. The zero-order valence-corrected chi connectivity index (χ0v) is 41.8. The second kappa shape index (κ2) is 26.5. The number of ketones is 1. The van der Waals surface area contributed by atoms with E-state index < -0.39 is 35.7 Å². The minimum atomic E-state index is -1.10. The smallest absolute Gasteiger partial charge is 0.243 e. The van der Waals surface area contributed by atoms with E-state index in [2.05, 4.69) is 36.6 Å². The summed E-state index contributed by atoms with van der Waals surface area (Å²) >= 11 is 0.